The largest absolute Gasteiger partial charge is 0.369 e. The third-order valence-electron chi connectivity index (χ3n) is 4.86. The molecule has 2 aromatic heterocycles. The summed E-state index contributed by atoms with van der Waals surface area (Å²) in [5, 5.41) is 18.4. The van der Waals surface area contributed by atoms with Gasteiger partial charge in [-0.25, -0.2) is 4.39 Å². The van der Waals surface area contributed by atoms with E-state index in [4.69, 9.17) is 11.0 Å². The number of carbonyl (C=O) groups is 1. The Bertz CT molecular complexity index is 1270. The second-order valence-corrected chi connectivity index (χ2v) is 6.81. The summed E-state index contributed by atoms with van der Waals surface area (Å²) in [6.07, 6.45) is 3.44. The number of nitriles is 1. The zero-order chi connectivity index (χ0) is 20.5. The van der Waals surface area contributed by atoms with Gasteiger partial charge in [0.2, 0.25) is 5.91 Å². The minimum Gasteiger partial charge on any atom is -0.369 e. The molecule has 144 valence electrons. The average molecular weight is 388 g/mol. The number of aromatic nitrogens is 4. The molecule has 0 spiro atoms. The van der Waals surface area contributed by atoms with Crippen LogP contribution in [-0.4, -0.2) is 25.5 Å². The summed E-state index contributed by atoms with van der Waals surface area (Å²) in [6, 6.07) is 13.8. The fraction of sp³-hybridized carbons (Fsp3) is 0.143. The van der Waals surface area contributed by atoms with Crippen LogP contribution in [0.25, 0.3) is 10.9 Å². The molecule has 4 rings (SSSR count). The van der Waals surface area contributed by atoms with Crippen molar-refractivity contribution in [1.82, 2.24) is 19.6 Å². The quantitative estimate of drug-likeness (QED) is 0.567. The fourth-order valence-electron chi connectivity index (χ4n) is 3.39. The number of hydrogen-bond donors (Lipinski definition) is 1. The Kier molecular flexibility index (Phi) is 4.56. The molecule has 1 atom stereocenters. The van der Waals surface area contributed by atoms with Crippen LogP contribution in [-0.2, 0) is 18.4 Å². The van der Waals surface area contributed by atoms with Gasteiger partial charge in [0.15, 0.2) is 0 Å². The van der Waals surface area contributed by atoms with Gasteiger partial charge >= 0.3 is 0 Å². The molecular weight excluding hydrogens is 371 g/mol. The summed E-state index contributed by atoms with van der Waals surface area (Å²) < 4.78 is 15.8. The second-order valence-electron chi connectivity index (χ2n) is 6.81. The maximum atomic E-state index is 13.8. The lowest BCUT2D eigenvalue weighted by Gasteiger charge is -2.11. The van der Waals surface area contributed by atoms with Crippen LogP contribution in [0.2, 0.25) is 0 Å². The predicted octanol–water partition coefficient (Wildman–Crippen LogP) is 2.45. The third kappa shape index (κ3) is 3.46. The van der Waals surface area contributed by atoms with Crippen LogP contribution >= 0.6 is 0 Å². The summed E-state index contributed by atoms with van der Waals surface area (Å²) in [7, 11) is 1.95. The molecule has 0 bridgehead atoms. The van der Waals surface area contributed by atoms with Crippen molar-refractivity contribution in [3.8, 4) is 6.07 Å². The molecular formula is C21H17FN6O. The van der Waals surface area contributed by atoms with Crippen LogP contribution in [0.1, 0.15) is 28.3 Å². The molecule has 0 saturated heterocycles. The molecule has 0 aliphatic carbocycles. The van der Waals surface area contributed by atoms with Crippen molar-refractivity contribution in [1.29, 1.82) is 5.26 Å². The van der Waals surface area contributed by atoms with E-state index in [9.17, 15) is 9.18 Å². The van der Waals surface area contributed by atoms with Gasteiger partial charge in [0.1, 0.15) is 17.8 Å². The Hall–Kier alpha value is -3.99. The van der Waals surface area contributed by atoms with Crippen LogP contribution in [0, 0.1) is 17.1 Å². The highest BCUT2D eigenvalue weighted by atomic mass is 19.1. The fourth-order valence-corrected chi connectivity index (χ4v) is 3.39. The minimum absolute atomic E-state index is 0.0204. The first-order chi connectivity index (χ1) is 14.0. The van der Waals surface area contributed by atoms with Crippen molar-refractivity contribution in [3.63, 3.8) is 0 Å². The topological polar surface area (TPSA) is 103 Å². The smallest absolute Gasteiger partial charge is 0.231 e. The first kappa shape index (κ1) is 18.4. The molecule has 7 nitrogen and oxygen atoms in total. The number of carbonyl (C=O) groups excluding carboxylic acids is 1. The first-order valence-electron chi connectivity index (χ1n) is 8.89. The van der Waals surface area contributed by atoms with Crippen LogP contribution in [0.15, 0.2) is 54.9 Å². The molecule has 4 aromatic rings. The molecule has 29 heavy (non-hydrogen) atoms. The minimum atomic E-state index is -0.744. The normalized spacial score (nSPS) is 12.0. The lowest BCUT2D eigenvalue weighted by Crippen LogP contribution is -2.23. The van der Waals surface area contributed by atoms with E-state index in [-0.39, 0.29) is 12.1 Å². The van der Waals surface area contributed by atoms with Gasteiger partial charge in [-0.3, -0.25) is 4.79 Å². The summed E-state index contributed by atoms with van der Waals surface area (Å²) in [4.78, 5) is 13.6. The molecule has 2 aromatic carbocycles. The molecule has 2 N–H and O–H groups in total. The van der Waals surface area contributed by atoms with Crippen molar-refractivity contribution in [3.05, 3.63) is 83.1 Å². The first-order valence-corrected chi connectivity index (χ1v) is 8.89. The van der Waals surface area contributed by atoms with Gasteiger partial charge in [-0.1, -0.05) is 12.1 Å². The summed E-state index contributed by atoms with van der Waals surface area (Å²) in [6.45, 7) is 0.200. The molecule has 1 amide bonds. The van der Waals surface area contributed by atoms with Crippen LogP contribution in [0.5, 0.6) is 0 Å². The monoisotopic (exact) mass is 388 g/mol. The molecule has 0 aliphatic heterocycles. The number of primary amides is 1. The highest BCUT2D eigenvalue weighted by molar-refractivity contribution is 5.88. The average Bonchev–Trinajstić information content (AvgIpc) is 3.29. The molecule has 0 fully saturated rings. The van der Waals surface area contributed by atoms with Crippen LogP contribution in [0.4, 0.5) is 4.39 Å². The van der Waals surface area contributed by atoms with E-state index in [0.717, 1.165) is 16.5 Å². The molecule has 0 saturated carbocycles. The number of amides is 1. The van der Waals surface area contributed by atoms with Gasteiger partial charge < -0.3 is 10.3 Å². The number of halogens is 1. The zero-order valence-corrected chi connectivity index (χ0v) is 15.6. The third-order valence-corrected chi connectivity index (χ3v) is 4.86. The van der Waals surface area contributed by atoms with Crippen LogP contribution in [0.3, 0.4) is 0 Å². The van der Waals surface area contributed by atoms with Crippen molar-refractivity contribution in [2.75, 3.05) is 0 Å². The Labute approximate surface area is 165 Å². The molecule has 0 aliphatic rings. The second kappa shape index (κ2) is 7.20. The van der Waals surface area contributed by atoms with Crippen molar-refractivity contribution >= 4 is 16.8 Å². The van der Waals surface area contributed by atoms with Crippen molar-refractivity contribution in [2.45, 2.75) is 12.5 Å². The number of nitrogens with two attached hydrogens (primary N) is 1. The molecule has 8 heteroatoms. The summed E-state index contributed by atoms with van der Waals surface area (Å²) in [5.74, 6) is -1.87. The van der Waals surface area contributed by atoms with E-state index in [1.807, 2.05) is 42.1 Å². The molecule has 0 radical (unpaired) electrons. The SMILES string of the molecule is Cn1ccc2cc(C(C(N)=O)c3cnn(Cc4ccc(C#N)c(F)c4)n3)ccc21. The number of aryl methyl sites for hydroxylation is 1. The van der Waals surface area contributed by atoms with Crippen LogP contribution < -0.4 is 5.73 Å². The number of fused-ring (bicyclic) bond motifs is 1. The zero-order valence-electron chi connectivity index (χ0n) is 15.6. The summed E-state index contributed by atoms with van der Waals surface area (Å²) in [5.41, 5.74) is 8.44. The Morgan fingerprint density at radius 1 is 1.28 bits per heavy atom. The molecule has 2 heterocycles. The van der Waals surface area contributed by atoms with Gasteiger partial charge in [0.25, 0.3) is 0 Å². The van der Waals surface area contributed by atoms with Gasteiger partial charge in [-0.15, -0.1) is 0 Å². The highest BCUT2D eigenvalue weighted by Gasteiger charge is 2.24. The van der Waals surface area contributed by atoms with E-state index < -0.39 is 17.6 Å². The van der Waals surface area contributed by atoms with E-state index in [1.165, 1.54) is 23.1 Å². The lowest BCUT2D eigenvalue weighted by atomic mass is 9.94. The van der Waals surface area contributed by atoms with E-state index in [2.05, 4.69) is 10.2 Å². The van der Waals surface area contributed by atoms with Gasteiger partial charge in [-0.05, 0) is 46.8 Å². The predicted molar refractivity (Wildman–Crippen MR) is 104 cm³/mol. The Morgan fingerprint density at radius 2 is 2.10 bits per heavy atom. The van der Waals surface area contributed by atoms with Crippen molar-refractivity contribution in [2.24, 2.45) is 12.8 Å². The number of hydrogen-bond acceptors (Lipinski definition) is 4. The van der Waals surface area contributed by atoms with Gasteiger partial charge in [-0.2, -0.15) is 20.3 Å². The maximum absolute atomic E-state index is 13.8. The lowest BCUT2D eigenvalue weighted by molar-refractivity contribution is -0.118. The van der Waals surface area contributed by atoms with E-state index in [0.29, 0.717) is 11.3 Å². The Morgan fingerprint density at radius 3 is 2.83 bits per heavy atom. The van der Waals surface area contributed by atoms with Gasteiger partial charge in [0.05, 0.1) is 24.0 Å². The number of rotatable bonds is 5. The molecule has 1 unspecified atom stereocenters. The number of nitrogens with zero attached hydrogens (tertiary/aromatic N) is 5. The standard InChI is InChI=1S/C21H17FN6O/c1-27-7-6-14-9-15(4-5-19(14)27)20(21(24)29)18-11-25-28(26-18)12-13-2-3-16(10-23)17(22)8-13/h2-9,11,20H,12H2,1H3,(H2,24,29). The Balaban J connectivity index is 1.63. The van der Waals surface area contributed by atoms with E-state index in [1.54, 1.807) is 12.1 Å². The van der Waals surface area contributed by atoms with Gasteiger partial charge in [0, 0.05) is 18.8 Å². The highest BCUT2D eigenvalue weighted by Crippen LogP contribution is 2.26. The maximum Gasteiger partial charge on any atom is 0.231 e. The van der Waals surface area contributed by atoms with Crippen molar-refractivity contribution < 1.29 is 9.18 Å². The summed E-state index contributed by atoms with van der Waals surface area (Å²) >= 11 is 0. The van der Waals surface area contributed by atoms with E-state index >= 15 is 0 Å². The number of benzene rings is 2.